The Hall–Kier alpha value is -2.78. The van der Waals surface area contributed by atoms with E-state index in [4.69, 9.17) is 4.52 Å². The van der Waals surface area contributed by atoms with Crippen molar-refractivity contribution in [2.24, 2.45) is 0 Å². The lowest BCUT2D eigenvalue weighted by molar-refractivity contribution is 0.381. The summed E-state index contributed by atoms with van der Waals surface area (Å²) in [6.45, 7) is 5.63. The second-order valence-corrected chi connectivity index (χ2v) is 8.99. The van der Waals surface area contributed by atoms with Gasteiger partial charge in [0, 0.05) is 12.2 Å². The van der Waals surface area contributed by atoms with Crippen molar-refractivity contribution >= 4 is 21.7 Å². The Bertz CT molecular complexity index is 1120. The van der Waals surface area contributed by atoms with Gasteiger partial charge < -0.3 is 9.84 Å². The fourth-order valence-corrected chi connectivity index (χ4v) is 5.70. The van der Waals surface area contributed by atoms with E-state index in [-0.39, 0.29) is 10.9 Å². The van der Waals surface area contributed by atoms with Crippen molar-refractivity contribution in [3.8, 4) is 0 Å². The summed E-state index contributed by atoms with van der Waals surface area (Å²) in [7, 11) is -3.73. The molecular formula is C20H23N5O3S. The van der Waals surface area contributed by atoms with Gasteiger partial charge in [0.15, 0.2) is 5.76 Å². The lowest BCUT2D eigenvalue weighted by atomic mass is 10.1. The van der Waals surface area contributed by atoms with Gasteiger partial charge in [-0.2, -0.15) is 4.31 Å². The Morgan fingerprint density at radius 3 is 2.48 bits per heavy atom. The average Bonchev–Trinajstić information content (AvgIpc) is 3.29. The number of aryl methyl sites for hydroxylation is 3. The lowest BCUT2D eigenvalue weighted by Gasteiger charge is -2.24. The molecule has 9 heteroatoms. The van der Waals surface area contributed by atoms with Crippen LogP contribution in [0, 0.1) is 20.8 Å². The first-order valence-corrected chi connectivity index (χ1v) is 10.9. The standard InChI is InChI=1S/C20H23N5O3S/c1-13-7-4-10-18(21-13)23-19-11-5-8-16(22-19)17-9-6-12-25(17)29(26,27)20-14(2)24-28-15(20)3/h4-5,7-8,10-11,17H,6,9,12H2,1-3H3,(H,21,22,23). The molecule has 8 nitrogen and oxygen atoms in total. The highest BCUT2D eigenvalue weighted by Crippen LogP contribution is 2.37. The zero-order chi connectivity index (χ0) is 20.6. The van der Waals surface area contributed by atoms with Crippen molar-refractivity contribution in [2.75, 3.05) is 11.9 Å². The fourth-order valence-electron chi connectivity index (χ4n) is 3.73. The molecule has 4 rings (SSSR count). The highest BCUT2D eigenvalue weighted by Gasteiger charge is 2.39. The fraction of sp³-hybridized carbons (Fsp3) is 0.350. The number of anilines is 2. The summed E-state index contributed by atoms with van der Waals surface area (Å²) in [5, 5.41) is 7.00. The summed E-state index contributed by atoms with van der Waals surface area (Å²) in [6.07, 6.45) is 1.48. The molecule has 1 atom stereocenters. The Kier molecular flexibility index (Phi) is 5.10. The average molecular weight is 414 g/mol. The highest BCUT2D eigenvalue weighted by molar-refractivity contribution is 7.89. The van der Waals surface area contributed by atoms with E-state index in [1.165, 1.54) is 4.31 Å². The third-order valence-corrected chi connectivity index (χ3v) is 7.15. The molecule has 1 N–H and O–H groups in total. The molecule has 0 radical (unpaired) electrons. The summed E-state index contributed by atoms with van der Waals surface area (Å²) in [4.78, 5) is 9.26. The molecule has 0 amide bonds. The number of aromatic nitrogens is 3. The summed E-state index contributed by atoms with van der Waals surface area (Å²) in [5.41, 5.74) is 1.98. The van der Waals surface area contributed by atoms with Gasteiger partial charge in [-0.25, -0.2) is 18.4 Å². The van der Waals surface area contributed by atoms with Crippen molar-refractivity contribution in [1.82, 2.24) is 19.4 Å². The van der Waals surface area contributed by atoms with Crippen molar-refractivity contribution in [3.05, 3.63) is 59.2 Å². The van der Waals surface area contributed by atoms with Gasteiger partial charge in [0.1, 0.15) is 22.2 Å². The molecule has 0 spiro atoms. The molecule has 0 aliphatic carbocycles. The third-order valence-electron chi connectivity index (χ3n) is 4.99. The quantitative estimate of drug-likeness (QED) is 0.681. The van der Waals surface area contributed by atoms with Crippen LogP contribution in [0.2, 0.25) is 0 Å². The van der Waals surface area contributed by atoms with Crippen LogP contribution in [0.3, 0.4) is 0 Å². The number of nitrogens with one attached hydrogen (secondary N) is 1. The predicted molar refractivity (Wildman–Crippen MR) is 108 cm³/mol. The van der Waals surface area contributed by atoms with Crippen LogP contribution >= 0.6 is 0 Å². The normalized spacial score (nSPS) is 17.6. The minimum absolute atomic E-state index is 0.155. The molecule has 0 bridgehead atoms. The zero-order valence-corrected chi connectivity index (χ0v) is 17.4. The maximum atomic E-state index is 13.3. The number of sulfonamides is 1. The SMILES string of the molecule is Cc1cccc(Nc2cccc(C3CCCN3S(=O)(=O)c3c(C)noc3C)n2)n1. The lowest BCUT2D eigenvalue weighted by Crippen LogP contribution is -2.31. The molecule has 29 heavy (non-hydrogen) atoms. The topological polar surface area (TPSA) is 101 Å². The van der Waals surface area contributed by atoms with E-state index in [0.717, 1.165) is 12.1 Å². The smallest absolute Gasteiger partial charge is 0.249 e. The maximum absolute atomic E-state index is 13.3. The molecule has 1 fully saturated rings. The van der Waals surface area contributed by atoms with Crippen LogP contribution in [0.4, 0.5) is 11.6 Å². The van der Waals surface area contributed by atoms with Crippen LogP contribution in [0.5, 0.6) is 0 Å². The van der Waals surface area contributed by atoms with Gasteiger partial charge in [-0.05, 0) is 57.9 Å². The molecule has 3 aromatic heterocycles. The molecule has 3 aromatic rings. The molecule has 0 aromatic carbocycles. The third kappa shape index (κ3) is 3.75. The number of nitrogens with zero attached hydrogens (tertiary/aromatic N) is 4. The van der Waals surface area contributed by atoms with Gasteiger partial charge in [0.05, 0.1) is 11.7 Å². The van der Waals surface area contributed by atoms with Gasteiger partial charge in [-0.15, -0.1) is 0 Å². The largest absolute Gasteiger partial charge is 0.360 e. The highest BCUT2D eigenvalue weighted by atomic mass is 32.2. The van der Waals surface area contributed by atoms with Gasteiger partial charge in [-0.1, -0.05) is 17.3 Å². The van der Waals surface area contributed by atoms with Crippen LogP contribution in [0.1, 0.15) is 41.7 Å². The van der Waals surface area contributed by atoms with Crippen LogP contribution in [-0.2, 0) is 10.0 Å². The predicted octanol–water partition coefficient (Wildman–Crippen LogP) is 3.66. The number of pyridine rings is 2. The summed E-state index contributed by atoms with van der Waals surface area (Å²) < 4.78 is 33.2. The monoisotopic (exact) mass is 413 g/mol. The Morgan fingerprint density at radius 1 is 1.07 bits per heavy atom. The van der Waals surface area contributed by atoms with Crippen molar-refractivity contribution in [2.45, 2.75) is 44.6 Å². The zero-order valence-electron chi connectivity index (χ0n) is 16.6. The second-order valence-electron chi connectivity index (χ2n) is 7.16. The first-order chi connectivity index (χ1) is 13.9. The number of hydrogen-bond acceptors (Lipinski definition) is 7. The molecule has 152 valence electrons. The molecule has 1 unspecified atom stereocenters. The maximum Gasteiger partial charge on any atom is 0.249 e. The summed E-state index contributed by atoms with van der Waals surface area (Å²) >= 11 is 0. The second kappa shape index (κ2) is 7.57. The van der Waals surface area contributed by atoms with Gasteiger partial charge >= 0.3 is 0 Å². The molecule has 1 aliphatic heterocycles. The van der Waals surface area contributed by atoms with Crippen LogP contribution in [0.15, 0.2) is 45.8 Å². The molecule has 1 saturated heterocycles. The Balaban J connectivity index is 1.64. The first-order valence-electron chi connectivity index (χ1n) is 9.48. The first kappa shape index (κ1) is 19.5. The molecule has 1 aliphatic rings. The Morgan fingerprint density at radius 2 is 1.79 bits per heavy atom. The van der Waals surface area contributed by atoms with Gasteiger partial charge in [-0.3, -0.25) is 0 Å². The molecular weight excluding hydrogens is 390 g/mol. The van der Waals surface area contributed by atoms with E-state index < -0.39 is 10.0 Å². The molecule has 0 saturated carbocycles. The van der Waals surface area contributed by atoms with Crippen LogP contribution < -0.4 is 5.32 Å². The van der Waals surface area contributed by atoms with Gasteiger partial charge in [0.25, 0.3) is 0 Å². The number of rotatable bonds is 5. The van der Waals surface area contributed by atoms with E-state index in [9.17, 15) is 8.42 Å². The van der Waals surface area contributed by atoms with E-state index in [1.807, 2.05) is 43.3 Å². The summed E-state index contributed by atoms with van der Waals surface area (Å²) in [5.74, 6) is 1.63. The van der Waals surface area contributed by atoms with E-state index in [0.29, 0.717) is 41.7 Å². The van der Waals surface area contributed by atoms with Crippen molar-refractivity contribution in [3.63, 3.8) is 0 Å². The summed E-state index contributed by atoms with van der Waals surface area (Å²) in [6, 6.07) is 11.0. The van der Waals surface area contributed by atoms with Gasteiger partial charge in [0.2, 0.25) is 10.0 Å². The molecule has 4 heterocycles. The van der Waals surface area contributed by atoms with Crippen LogP contribution in [-0.4, -0.2) is 34.4 Å². The van der Waals surface area contributed by atoms with E-state index in [2.05, 4.69) is 20.4 Å². The van der Waals surface area contributed by atoms with E-state index in [1.54, 1.807) is 13.8 Å². The van der Waals surface area contributed by atoms with Crippen molar-refractivity contribution in [1.29, 1.82) is 0 Å². The van der Waals surface area contributed by atoms with E-state index >= 15 is 0 Å². The minimum atomic E-state index is -3.73. The number of hydrogen-bond donors (Lipinski definition) is 1. The Labute approximate surface area is 170 Å². The minimum Gasteiger partial charge on any atom is -0.360 e. The van der Waals surface area contributed by atoms with Crippen LogP contribution in [0.25, 0.3) is 0 Å². The van der Waals surface area contributed by atoms with Crippen molar-refractivity contribution < 1.29 is 12.9 Å².